The summed E-state index contributed by atoms with van der Waals surface area (Å²) >= 11 is 0. The second-order valence-electron chi connectivity index (χ2n) is 6.83. The largest absolute Gasteiger partial charge is 0.333 e. The fourth-order valence-electron chi connectivity index (χ4n) is 3.70. The van der Waals surface area contributed by atoms with Gasteiger partial charge in [-0.1, -0.05) is 26.0 Å². The van der Waals surface area contributed by atoms with E-state index in [0.717, 1.165) is 57.2 Å². The Kier molecular flexibility index (Phi) is 5.85. The summed E-state index contributed by atoms with van der Waals surface area (Å²) in [7, 11) is 0. The smallest absolute Gasteiger partial charge is 0.122 e. The Balaban J connectivity index is 1.77. The molecule has 0 N–H and O–H groups in total. The number of nitriles is 1. The minimum atomic E-state index is 0.578. The molecule has 5 nitrogen and oxygen atoms in total. The summed E-state index contributed by atoms with van der Waals surface area (Å²) in [6.07, 6.45) is 4.01. The molecule has 0 bridgehead atoms. The van der Waals surface area contributed by atoms with Gasteiger partial charge in [0.25, 0.3) is 0 Å². The molecule has 0 saturated carbocycles. The van der Waals surface area contributed by atoms with E-state index in [1.54, 1.807) is 0 Å². The fourth-order valence-corrected chi connectivity index (χ4v) is 3.70. The van der Waals surface area contributed by atoms with Gasteiger partial charge in [-0.2, -0.15) is 5.26 Å². The van der Waals surface area contributed by atoms with Crippen molar-refractivity contribution >= 4 is 0 Å². The summed E-state index contributed by atoms with van der Waals surface area (Å²) in [5, 5.41) is 9.13. The molecule has 5 heteroatoms. The van der Waals surface area contributed by atoms with E-state index < -0.39 is 0 Å². The van der Waals surface area contributed by atoms with E-state index in [-0.39, 0.29) is 0 Å². The van der Waals surface area contributed by atoms with E-state index in [0.29, 0.717) is 5.92 Å². The molecule has 0 amide bonds. The van der Waals surface area contributed by atoms with Crippen LogP contribution in [0.25, 0.3) is 0 Å². The van der Waals surface area contributed by atoms with Gasteiger partial charge in [0.2, 0.25) is 0 Å². The van der Waals surface area contributed by atoms with Crippen molar-refractivity contribution in [3.05, 3.63) is 53.6 Å². The molecule has 0 fully saturated rings. The summed E-state index contributed by atoms with van der Waals surface area (Å²) in [5.41, 5.74) is 1.93. The third-order valence-corrected chi connectivity index (χ3v) is 5.01. The van der Waals surface area contributed by atoms with Crippen LogP contribution in [-0.4, -0.2) is 45.5 Å². The van der Waals surface area contributed by atoms with Crippen molar-refractivity contribution in [2.75, 3.05) is 26.2 Å². The van der Waals surface area contributed by atoms with Crippen LogP contribution >= 0.6 is 0 Å². The van der Waals surface area contributed by atoms with Crippen LogP contribution in [0, 0.1) is 17.2 Å². The Bertz CT molecular complexity index is 726. The molecule has 0 spiro atoms. The molecule has 0 aliphatic carbocycles. The maximum absolute atomic E-state index is 9.13. The standard InChI is InChI=1S/C20H27N5/c1-3-23(4-2)13-19-14-24(16-20-22-8-9-25(20)15-19)12-18-7-5-6-17(10-18)11-21/h5-10,19H,3-4,12-16H2,1-2H3. The topological polar surface area (TPSA) is 48.1 Å². The van der Waals surface area contributed by atoms with E-state index >= 15 is 0 Å². The SMILES string of the molecule is CCN(CC)CC1CN(Cc2cccc(C#N)c2)Cc2nccn2C1. The van der Waals surface area contributed by atoms with Crippen LogP contribution in [0.2, 0.25) is 0 Å². The quantitative estimate of drug-likeness (QED) is 0.813. The van der Waals surface area contributed by atoms with Crippen molar-refractivity contribution in [3.63, 3.8) is 0 Å². The number of rotatable bonds is 6. The first-order valence-corrected chi connectivity index (χ1v) is 9.15. The Hall–Kier alpha value is -2.16. The Morgan fingerprint density at radius 2 is 2.12 bits per heavy atom. The van der Waals surface area contributed by atoms with Gasteiger partial charge in [0.1, 0.15) is 5.82 Å². The lowest BCUT2D eigenvalue weighted by molar-refractivity contribution is 0.174. The van der Waals surface area contributed by atoms with Crippen molar-refractivity contribution < 1.29 is 0 Å². The second kappa shape index (κ2) is 8.28. The van der Waals surface area contributed by atoms with Crippen LogP contribution in [0.3, 0.4) is 0 Å². The maximum atomic E-state index is 9.13. The monoisotopic (exact) mass is 337 g/mol. The second-order valence-corrected chi connectivity index (χ2v) is 6.83. The lowest BCUT2D eigenvalue weighted by atomic mass is 10.1. The van der Waals surface area contributed by atoms with Gasteiger partial charge in [-0.3, -0.25) is 4.90 Å². The number of hydrogen-bond donors (Lipinski definition) is 0. The zero-order valence-corrected chi connectivity index (χ0v) is 15.2. The highest BCUT2D eigenvalue weighted by Crippen LogP contribution is 2.19. The molecule has 3 rings (SSSR count). The van der Waals surface area contributed by atoms with Crippen LogP contribution in [0.4, 0.5) is 0 Å². The maximum Gasteiger partial charge on any atom is 0.122 e. The predicted molar refractivity (Wildman–Crippen MR) is 98.8 cm³/mol. The number of aromatic nitrogens is 2. The summed E-state index contributed by atoms with van der Waals surface area (Å²) in [6.45, 7) is 11.6. The number of fused-ring (bicyclic) bond motifs is 1. The number of nitrogens with zero attached hydrogens (tertiary/aromatic N) is 5. The van der Waals surface area contributed by atoms with E-state index in [1.807, 2.05) is 24.4 Å². The molecule has 25 heavy (non-hydrogen) atoms. The Morgan fingerprint density at radius 1 is 1.28 bits per heavy atom. The van der Waals surface area contributed by atoms with Gasteiger partial charge in [0.05, 0.1) is 18.2 Å². The molecule has 1 atom stereocenters. The van der Waals surface area contributed by atoms with Crippen molar-refractivity contribution in [1.82, 2.24) is 19.4 Å². The molecule has 0 saturated heterocycles. The van der Waals surface area contributed by atoms with E-state index in [1.165, 1.54) is 5.56 Å². The summed E-state index contributed by atoms with van der Waals surface area (Å²) in [4.78, 5) is 9.52. The van der Waals surface area contributed by atoms with E-state index in [2.05, 4.69) is 51.5 Å². The molecular weight excluding hydrogens is 310 g/mol. The summed E-state index contributed by atoms with van der Waals surface area (Å²) in [5.74, 6) is 1.72. The van der Waals surface area contributed by atoms with Crippen LogP contribution in [0.1, 0.15) is 30.8 Å². The van der Waals surface area contributed by atoms with Gasteiger partial charge >= 0.3 is 0 Å². The Morgan fingerprint density at radius 3 is 2.88 bits per heavy atom. The van der Waals surface area contributed by atoms with Gasteiger partial charge in [-0.25, -0.2) is 4.98 Å². The van der Waals surface area contributed by atoms with Crippen LogP contribution in [0.15, 0.2) is 36.7 Å². The first kappa shape index (κ1) is 17.7. The van der Waals surface area contributed by atoms with E-state index in [4.69, 9.17) is 5.26 Å². The molecule has 2 aromatic rings. The van der Waals surface area contributed by atoms with Crippen molar-refractivity contribution in [3.8, 4) is 6.07 Å². The molecule has 1 aliphatic heterocycles. The minimum absolute atomic E-state index is 0.578. The van der Waals surface area contributed by atoms with Gasteiger partial charge in [-0.05, 0) is 30.8 Å². The predicted octanol–water partition coefficient (Wildman–Crippen LogP) is 2.73. The lowest BCUT2D eigenvalue weighted by Gasteiger charge is -2.28. The average molecular weight is 337 g/mol. The highest BCUT2D eigenvalue weighted by atomic mass is 15.2. The number of benzene rings is 1. The fraction of sp³-hybridized carbons (Fsp3) is 0.500. The molecule has 132 valence electrons. The highest BCUT2D eigenvalue weighted by molar-refractivity contribution is 5.32. The average Bonchev–Trinajstić information content (AvgIpc) is 2.99. The zero-order valence-electron chi connectivity index (χ0n) is 15.2. The van der Waals surface area contributed by atoms with Gasteiger partial charge in [0.15, 0.2) is 0 Å². The molecular formula is C20H27N5. The number of imidazole rings is 1. The molecule has 2 heterocycles. The van der Waals surface area contributed by atoms with E-state index in [9.17, 15) is 0 Å². The molecule has 1 aliphatic rings. The number of hydrogen-bond acceptors (Lipinski definition) is 4. The van der Waals surface area contributed by atoms with Crippen molar-refractivity contribution in [2.45, 2.75) is 33.5 Å². The molecule has 1 aromatic heterocycles. The first-order valence-electron chi connectivity index (χ1n) is 9.15. The highest BCUT2D eigenvalue weighted by Gasteiger charge is 2.23. The summed E-state index contributed by atoms with van der Waals surface area (Å²) in [6, 6.07) is 10.2. The van der Waals surface area contributed by atoms with Crippen molar-refractivity contribution in [2.24, 2.45) is 5.92 Å². The third-order valence-electron chi connectivity index (χ3n) is 5.01. The third kappa shape index (κ3) is 4.47. The van der Waals surface area contributed by atoms with Crippen LogP contribution in [-0.2, 0) is 19.6 Å². The van der Waals surface area contributed by atoms with Gasteiger partial charge < -0.3 is 9.47 Å². The van der Waals surface area contributed by atoms with Gasteiger partial charge in [-0.15, -0.1) is 0 Å². The summed E-state index contributed by atoms with van der Waals surface area (Å²) < 4.78 is 2.31. The van der Waals surface area contributed by atoms with Crippen LogP contribution < -0.4 is 0 Å². The Labute approximate surface area is 150 Å². The minimum Gasteiger partial charge on any atom is -0.333 e. The lowest BCUT2D eigenvalue weighted by Crippen LogP contribution is -2.36. The van der Waals surface area contributed by atoms with Gasteiger partial charge in [0, 0.05) is 44.5 Å². The molecule has 1 unspecified atom stereocenters. The molecule has 1 aromatic carbocycles. The van der Waals surface area contributed by atoms with Crippen molar-refractivity contribution in [1.29, 1.82) is 5.26 Å². The van der Waals surface area contributed by atoms with Crippen LogP contribution in [0.5, 0.6) is 0 Å². The zero-order chi connectivity index (χ0) is 17.6. The normalized spacial score (nSPS) is 17.9. The molecule has 0 radical (unpaired) electrons. The first-order chi connectivity index (χ1) is 12.2.